The number of aliphatic hydroxyl groups excluding tert-OH is 1. The summed E-state index contributed by atoms with van der Waals surface area (Å²) >= 11 is 1.28. The second kappa shape index (κ2) is 6.44. The maximum absolute atomic E-state index is 14.3. The van der Waals surface area contributed by atoms with Gasteiger partial charge in [-0.3, -0.25) is 4.79 Å². The molecule has 0 aromatic carbocycles. The first-order valence-corrected chi connectivity index (χ1v) is 9.06. The Bertz CT molecular complexity index is 659. The summed E-state index contributed by atoms with van der Waals surface area (Å²) in [4.78, 5) is 22.2. The number of halogens is 2. The van der Waals surface area contributed by atoms with E-state index in [2.05, 4.69) is 9.97 Å². The van der Waals surface area contributed by atoms with Gasteiger partial charge in [0.1, 0.15) is 11.6 Å². The molecule has 0 saturated heterocycles. The summed E-state index contributed by atoms with van der Waals surface area (Å²) in [6, 6.07) is -1.54. The largest absolute Gasteiger partial charge is 0.477 e. The number of thioether (sulfide) groups is 1. The highest BCUT2D eigenvalue weighted by Gasteiger charge is 2.53. The van der Waals surface area contributed by atoms with Crippen molar-refractivity contribution in [3.63, 3.8) is 0 Å². The number of hydrogen-bond acceptors (Lipinski definition) is 6. The Morgan fingerprint density at radius 3 is 2.83 bits per heavy atom. The fourth-order valence-electron chi connectivity index (χ4n) is 3.30. The lowest BCUT2D eigenvalue weighted by Gasteiger charge is -2.40. The Balaban J connectivity index is 1.99. The molecule has 0 unspecified atom stereocenters. The van der Waals surface area contributed by atoms with Crippen LogP contribution >= 0.6 is 11.8 Å². The average Bonchev–Trinajstić information content (AvgIpc) is 2.83. The molecule has 24 heavy (non-hydrogen) atoms. The van der Waals surface area contributed by atoms with Crippen molar-refractivity contribution in [3.05, 3.63) is 11.3 Å². The number of alkyl halides is 2. The van der Waals surface area contributed by atoms with Crippen molar-refractivity contribution in [3.8, 4) is 5.88 Å². The number of amides is 1. The van der Waals surface area contributed by atoms with E-state index in [4.69, 9.17) is 4.74 Å². The summed E-state index contributed by atoms with van der Waals surface area (Å²) in [5, 5.41) is 10.5. The lowest BCUT2D eigenvalue weighted by Crippen LogP contribution is -2.56. The number of fused-ring (bicyclic) bond motifs is 1. The molecular formula is C15H19F2N3O3S. The van der Waals surface area contributed by atoms with E-state index in [1.54, 1.807) is 13.2 Å². The normalized spacial score (nSPS) is 25.7. The Labute approximate surface area is 142 Å². The van der Waals surface area contributed by atoms with E-state index in [0.29, 0.717) is 17.5 Å². The van der Waals surface area contributed by atoms with E-state index in [1.807, 2.05) is 0 Å². The third-order valence-electron chi connectivity index (χ3n) is 4.33. The maximum atomic E-state index is 14.3. The molecule has 0 spiro atoms. The molecule has 6 nitrogen and oxygen atoms in total. The highest BCUT2D eigenvalue weighted by molar-refractivity contribution is 7.98. The van der Waals surface area contributed by atoms with Crippen LogP contribution < -0.4 is 4.74 Å². The molecule has 132 valence electrons. The highest BCUT2D eigenvalue weighted by atomic mass is 32.2. The molecule has 3 rings (SSSR count). The number of aliphatic hydroxyl groups is 1. The molecule has 0 radical (unpaired) electrons. The van der Waals surface area contributed by atoms with Gasteiger partial charge >= 0.3 is 0 Å². The Morgan fingerprint density at radius 1 is 1.46 bits per heavy atom. The molecule has 1 aromatic rings. The highest BCUT2D eigenvalue weighted by Crippen LogP contribution is 2.41. The summed E-state index contributed by atoms with van der Waals surface area (Å²) < 4.78 is 34.1. The third kappa shape index (κ3) is 2.83. The molecule has 1 fully saturated rings. The van der Waals surface area contributed by atoms with Crippen LogP contribution in [0.1, 0.15) is 42.2 Å². The number of rotatable bonds is 4. The lowest BCUT2D eigenvalue weighted by molar-refractivity contribution is -0.140. The van der Waals surface area contributed by atoms with Crippen molar-refractivity contribution in [2.24, 2.45) is 0 Å². The van der Waals surface area contributed by atoms with Crippen LogP contribution in [0, 0.1) is 0 Å². The van der Waals surface area contributed by atoms with Crippen molar-refractivity contribution in [2.45, 2.75) is 56.0 Å². The molecule has 2 aliphatic rings. The number of aromatic nitrogens is 2. The Kier molecular flexibility index (Phi) is 4.65. The van der Waals surface area contributed by atoms with Crippen molar-refractivity contribution in [1.29, 1.82) is 0 Å². The molecule has 2 atom stereocenters. The predicted molar refractivity (Wildman–Crippen MR) is 83.4 cm³/mol. The van der Waals surface area contributed by atoms with Crippen LogP contribution in [0.5, 0.6) is 5.88 Å². The lowest BCUT2D eigenvalue weighted by atomic mass is 9.88. The van der Waals surface area contributed by atoms with Gasteiger partial charge in [-0.1, -0.05) is 11.8 Å². The summed E-state index contributed by atoms with van der Waals surface area (Å²) in [7, 11) is 0. The minimum absolute atomic E-state index is 0.0678. The standard InChI is InChI=1S/C15H19F2N3O3S/c1-3-23-12-10-8(18-14(19-12)24-2)7-20(13(10)22)11-9(21)5-4-6-15(11,16)17/h9,11,21H,3-7H2,1-2H3/t9-,11-/m0/s1. The van der Waals surface area contributed by atoms with Crippen molar-refractivity contribution < 1.29 is 23.4 Å². The molecule has 2 heterocycles. The smallest absolute Gasteiger partial charge is 0.270 e. The molecule has 1 aliphatic heterocycles. The van der Waals surface area contributed by atoms with E-state index in [0.717, 1.165) is 4.90 Å². The number of hydrogen-bond donors (Lipinski definition) is 1. The quantitative estimate of drug-likeness (QED) is 0.655. The van der Waals surface area contributed by atoms with Gasteiger partial charge < -0.3 is 14.7 Å². The van der Waals surface area contributed by atoms with Crippen LogP contribution in [0.2, 0.25) is 0 Å². The molecule has 0 bridgehead atoms. The third-order valence-corrected chi connectivity index (χ3v) is 4.88. The molecule has 1 N–H and O–H groups in total. The van der Waals surface area contributed by atoms with E-state index in [1.165, 1.54) is 11.8 Å². The molecule has 1 saturated carbocycles. The Hall–Kier alpha value is -1.48. The van der Waals surface area contributed by atoms with Gasteiger partial charge in [-0.25, -0.2) is 13.8 Å². The predicted octanol–water partition coefficient (Wildman–Crippen LogP) is 2.10. The zero-order valence-electron chi connectivity index (χ0n) is 13.5. The summed E-state index contributed by atoms with van der Waals surface area (Å²) in [6.07, 6.45) is 0.677. The van der Waals surface area contributed by atoms with Gasteiger partial charge in [0, 0.05) is 6.42 Å². The van der Waals surface area contributed by atoms with Gasteiger partial charge in [0.25, 0.3) is 11.8 Å². The molecule has 9 heteroatoms. The summed E-state index contributed by atoms with van der Waals surface area (Å²) in [6.45, 7) is 1.98. The summed E-state index contributed by atoms with van der Waals surface area (Å²) in [5.41, 5.74) is 0.500. The first kappa shape index (κ1) is 17.3. The zero-order valence-corrected chi connectivity index (χ0v) is 14.3. The summed E-state index contributed by atoms with van der Waals surface area (Å²) in [5.74, 6) is -3.61. The van der Waals surface area contributed by atoms with E-state index >= 15 is 0 Å². The van der Waals surface area contributed by atoms with Crippen LogP contribution in [0.3, 0.4) is 0 Å². The van der Waals surface area contributed by atoms with Gasteiger partial charge in [-0.05, 0) is 26.0 Å². The fraction of sp³-hybridized carbons (Fsp3) is 0.667. The van der Waals surface area contributed by atoms with E-state index in [-0.39, 0.29) is 37.3 Å². The van der Waals surface area contributed by atoms with E-state index in [9.17, 15) is 18.7 Å². The molecule has 1 aliphatic carbocycles. The number of nitrogens with zero attached hydrogens (tertiary/aromatic N) is 3. The second-order valence-corrected chi connectivity index (χ2v) is 6.64. The van der Waals surface area contributed by atoms with Gasteiger partial charge in [-0.2, -0.15) is 4.98 Å². The van der Waals surface area contributed by atoms with Gasteiger partial charge in [0.05, 0.1) is 24.9 Å². The average molecular weight is 359 g/mol. The molecule has 1 aromatic heterocycles. The van der Waals surface area contributed by atoms with Crippen LogP contribution in [0.4, 0.5) is 8.78 Å². The minimum atomic E-state index is -3.13. The Morgan fingerprint density at radius 2 is 2.21 bits per heavy atom. The van der Waals surface area contributed by atoms with Crippen LogP contribution in [0.25, 0.3) is 0 Å². The minimum Gasteiger partial charge on any atom is -0.477 e. The molecule has 1 amide bonds. The van der Waals surface area contributed by atoms with Crippen molar-refractivity contribution in [2.75, 3.05) is 12.9 Å². The van der Waals surface area contributed by atoms with Gasteiger partial charge in [0.2, 0.25) is 5.88 Å². The maximum Gasteiger partial charge on any atom is 0.270 e. The number of carbonyl (C=O) groups is 1. The van der Waals surface area contributed by atoms with E-state index < -0.39 is 24.0 Å². The second-order valence-electron chi connectivity index (χ2n) is 5.87. The number of ether oxygens (including phenoxy) is 1. The SMILES string of the molecule is CCOc1nc(SC)nc2c1C(=O)N([C@H]1[C@@H](O)CCCC1(F)F)C2. The van der Waals surface area contributed by atoms with Crippen molar-refractivity contribution in [1.82, 2.24) is 14.9 Å². The van der Waals surface area contributed by atoms with Gasteiger partial charge in [-0.15, -0.1) is 0 Å². The first-order chi connectivity index (χ1) is 11.4. The number of carbonyl (C=O) groups excluding carboxylic acids is 1. The topological polar surface area (TPSA) is 75.6 Å². The zero-order chi connectivity index (χ0) is 17.5. The van der Waals surface area contributed by atoms with Crippen LogP contribution in [-0.4, -0.2) is 56.8 Å². The van der Waals surface area contributed by atoms with Gasteiger partial charge in [0.15, 0.2) is 5.16 Å². The first-order valence-electron chi connectivity index (χ1n) is 7.83. The molecular weight excluding hydrogens is 340 g/mol. The van der Waals surface area contributed by atoms with Crippen LogP contribution in [-0.2, 0) is 6.54 Å². The fourth-order valence-corrected chi connectivity index (χ4v) is 3.67. The van der Waals surface area contributed by atoms with Crippen LogP contribution in [0.15, 0.2) is 5.16 Å². The monoisotopic (exact) mass is 359 g/mol. The van der Waals surface area contributed by atoms with Crippen molar-refractivity contribution >= 4 is 17.7 Å².